The number of hydrogen-bond donors (Lipinski definition) is 2. The molecule has 1 aliphatic rings. The van der Waals surface area contributed by atoms with Gasteiger partial charge in [-0.15, -0.1) is 0 Å². The number of carbonyl (C=O) groups is 1. The van der Waals surface area contributed by atoms with Crippen LogP contribution in [-0.2, 0) is 24.4 Å². The van der Waals surface area contributed by atoms with Crippen LogP contribution in [0.1, 0.15) is 24.1 Å². The molecule has 0 atom stereocenters. The first-order chi connectivity index (χ1) is 18.2. The second kappa shape index (κ2) is 10.4. The van der Waals surface area contributed by atoms with Gasteiger partial charge in [0.25, 0.3) is 0 Å². The van der Waals surface area contributed by atoms with Gasteiger partial charge in [-0.3, -0.25) is 9.78 Å². The molecule has 1 saturated heterocycles. The second-order valence-corrected chi connectivity index (χ2v) is 9.21. The first-order valence-corrected chi connectivity index (χ1v) is 12.1. The van der Waals surface area contributed by atoms with Gasteiger partial charge in [0.1, 0.15) is 23.1 Å². The lowest BCUT2D eigenvalue weighted by Gasteiger charge is -2.21. The maximum absolute atomic E-state index is 13.6. The molecule has 0 amide bonds. The standard InChI is InChI=1S/C27H25F4N5O2/c1-36-24-5-3-19(38-20-8-11-33-18(12-20)14-25(37)16-6-9-32-10-7-16)15-23(24)35-26(36)34-17-2-4-22(28)21(13-17)27(29,30)31/h2-5,8,11-13,15-16,32H,6-7,9-10,14H2,1H3,(H,34,35). The summed E-state index contributed by atoms with van der Waals surface area (Å²) in [6.07, 6.45) is -1.30. The quantitative estimate of drug-likeness (QED) is 0.297. The number of ketones is 1. The lowest BCUT2D eigenvalue weighted by molar-refractivity contribution is -0.140. The van der Waals surface area contributed by atoms with Crippen molar-refractivity contribution >= 4 is 28.5 Å². The van der Waals surface area contributed by atoms with Crippen LogP contribution in [0.25, 0.3) is 11.0 Å². The van der Waals surface area contributed by atoms with Crippen molar-refractivity contribution in [3.05, 3.63) is 71.8 Å². The summed E-state index contributed by atoms with van der Waals surface area (Å²) in [5, 5.41) is 6.08. The number of carbonyl (C=O) groups excluding carboxylic acids is 1. The number of pyridine rings is 1. The van der Waals surface area contributed by atoms with Gasteiger partial charge in [-0.25, -0.2) is 9.37 Å². The van der Waals surface area contributed by atoms with Crippen molar-refractivity contribution < 1.29 is 27.1 Å². The molecule has 0 radical (unpaired) electrons. The van der Waals surface area contributed by atoms with Crippen LogP contribution in [0.3, 0.4) is 0 Å². The number of alkyl halides is 3. The van der Waals surface area contributed by atoms with Crippen LogP contribution in [-0.4, -0.2) is 33.4 Å². The molecule has 198 valence electrons. The van der Waals surface area contributed by atoms with E-state index in [1.807, 2.05) is 0 Å². The summed E-state index contributed by atoms with van der Waals surface area (Å²) in [5.74, 6) is 0.170. The SMILES string of the molecule is Cn1c(Nc2ccc(F)c(C(F)(F)F)c2)nc2cc(Oc3ccnc(CC(=O)C4CCNCC4)c3)ccc21. The molecule has 2 aromatic carbocycles. The predicted octanol–water partition coefficient (Wildman–Crippen LogP) is 5.77. The van der Waals surface area contributed by atoms with Crippen molar-refractivity contribution in [3.63, 3.8) is 0 Å². The summed E-state index contributed by atoms with van der Waals surface area (Å²) in [5.41, 5.74) is 0.582. The Kier molecular flexibility index (Phi) is 7.02. The molecule has 0 spiro atoms. The number of halogens is 4. The highest BCUT2D eigenvalue weighted by Gasteiger charge is 2.34. The highest BCUT2D eigenvalue weighted by atomic mass is 19.4. The third-order valence-electron chi connectivity index (χ3n) is 6.55. The minimum Gasteiger partial charge on any atom is -0.457 e. The highest BCUT2D eigenvalue weighted by Crippen LogP contribution is 2.34. The van der Waals surface area contributed by atoms with Gasteiger partial charge in [0, 0.05) is 43.4 Å². The van der Waals surface area contributed by atoms with Crippen LogP contribution in [0.2, 0.25) is 0 Å². The fraction of sp³-hybridized carbons (Fsp3) is 0.296. The molecule has 1 aliphatic heterocycles. The van der Waals surface area contributed by atoms with Crippen LogP contribution in [0.5, 0.6) is 11.5 Å². The van der Waals surface area contributed by atoms with Crippen LogP contribution >= 0.6 is 0 Å². The van der Waals surface area contributed by atoms with Crippen molar-refractivity contribution in [2.75, 3.05) is 18.4 Å². The fourth-order valence-corrected chi connectivity index (χ4v) is 4.52. The van der Waals surface area contributed by atoms with E-state index in [1.54, 1.807) is 48.1 Å². The topological polar surface area (TPSA) is 81.1 Å². The molecule has 4 aromatic rings. The molecule has 38 heavy (non-hydrogen) atoms. The van der Waals surface area contributed by atoms with Gasteiger partial charge in [-0.2, -0.15) is 13.2 Å². The number of aryl methyl sites for hydroxylation is 1. The number of piperidine rings is 1. The molecule has 0 bridgehead atoms. The molecule has 3 heterocycles. The Morgan fingerprint density at radius 1 is 1.11 bits per heavy atom. The van der Waals surface area contributed by atoms with Crippen LogP contribution in [0.4, 0.5) is 29.2 Å². The predicted molar refractivity (Wildman–Crippen MR) is 134 cm³/mol. The number of fused-ring (bicyclic) bond motifs is 1. The van der Waals surface area contributed by atoms with Crippen LogP contribution in [0, 0.1) is 11.7 Å². The second-order valence-electron chi connectivity index (χ2n) is 9.21. The summed E-state index contributed by atoms with van der Waals surface area (Å²) < 4.78 is 60.6. The van der Waals surface area contributed by atoms with Gasteiger partial charge < -0.3 is 19.9 Å². The molecule has 0 aliphatic carbocycles. The smallest absolute Gasteiger partial charge is 0.419 e. The average Bonchev–Trinajstić information content (AvgIpc) is 3.19. The van der Waals surface area contributed by atoms with Crippen molar-refractivity contribution in [1.29, 1.82) is 0 Å². The maximum atomic E-state index is 13.6. The highest BCUT2D eigenvalue weighted by molar-refractivity contribution is 5.83. The lowest BCUT2D eigenvalue weighted by atomic mass is 9.91. The summed E-state index contributed by atoms with van der Waals surface area (Å²) in [6.45, 7) is 1.69. The average molecular weight is 528 g/mol. The fourth-order valence-electron chi connectivity index (χ4n) is 4.52. The first-order valence-electron chi connectivity index (χ1n) is 12.1. The van der Waals surface area contributed by atoms with Gasteiger partial charge in [-0.05, 0) is 62.3 Å². The van der Waals surface area contributed by atoms with Gasteiger partial charge >= 0.3 is 6.18 Å². The lowest BCUT2D eigenvalue weighted by Crippen LogP contribution is -2.32. The number of nitrogens with one attached hydrogen (secondary N) is 2. The molecule has 7 nitrogen and oxygen atoms in total. The zero-order valence-corrected chi connectivity index (χ0v) is 20.5. The zero-order chi connectivity index (χ0) is 26.9. The number of Topliss-reactive ketones (excluding diaryl/α,β-unsaturated/α-hetero) is 1. The van der Waals surface area contributed by atoms with E-state index in [9.17, 15) is 22.4 Å². The normalized spacial score (nSPS) is 14.6. The number of anilines is 2. The van der Waals surface area contributed by atoms with E-state index >= 15 is 0 Å². The van der Waals surface area contributed by atoms with E-state index in [1.165, 1.54) is 6.07 Å². The van der Waals surface area contributed by atoms with Crippen LogP contribution < -0.4 is 15.4 Å². The largest absolute Gasteiger partial charge is 0.457 e. The van der Waals surface area contributed by atoms with Crippen molar-refractivity contribution in [2.24, 2.45) is 13.0 Å². The Balaban J connectivity index is 1.32. The Morgan fingerprint density at radius 3 is 2.63 bits per heavy atom. The molecule has 0 unspecified atom stereocenters. The number of rotatable bonds is 7. The zero-order valence-electron chi connectivity index (χ0n) is 20.5. The van der Waals surface area contributed by atoms with Crippen molar-refractivity contribution in [3.8, 4) is 11.5 Å². The third-order valence-corrected chi connectivity index (χ3v) is 6.55. The summed E-state index contributed by atoms with van der Waals surface area (Å²) in [7, 11) is 1.71. The Labute approximate surface area is 215 Å². The minimum absolute atomic E-state index is 0.0481. The van der Waals surface area contributed by atoms with E-state index in [-0.39, 0.29) is 29.8 Å². The molecule has 11 heteroatoms. The number of ether oxygens (including phenoxy) is 1. The summed E-state index contributed by atoms with van der Waals surface area (Å²) >= 11 is 0. The van der Waals surface area contributed by atoms with E-state index in [2.05, 4.69) is 20.6 Å². The van der Waals surface area contributed by atoms with Crippen molar-refractivity contribution in [2.45, 2.75) is 25.4 Å². The molecular formula is C27H25F4N5O2. The van der Waals surface area contributed by atoms with E-state index in [4.69, 9.17) is 4.74 Å². The number of aromatic nitrogens is 3. The Bertz CT molecular complexity index is 1480. The van der Waals surface area contributed by atoms with Gasteiger partial charge in [0.15, 0.2) is 0 Å². The third kappa shape index (κ3) is 5.62. The summed E-state index contributed by atoms with van der Waals surface area (Å²) in [4.78, 5) is 21.4. The Morgan fingerprint density at radius 2 is 1.87 bits per heavy atom. The van der Waals surface area contributed by atoms with Crippen LogP contribution in [0.15, 0.2) is 54.7 Å². The number of nitrogens with zero attached hydrogens (tertiary/aromatic N) is 3. The van der Waals surface area contributed by atoms with E-state index < -0.39 is 17.6 Å². The van der Waals surface area contributed by atoms with Gasteiger partial charge in [0.05, 0.1) is 22.3 Å². The van der Waals surface area contributed by atoms with E-state index in [0.29, 0.717) is 34.3 Å². The molecule has 1 fully saturated rings. The van der Waals surface area contributed by atoms with Gasteiger partial charge in [-0.1, -0.05) is 0 Å². The minimum atomic E-state index is -4.81. The summed E-state index contributed by atoms with van der Waals surface area (Å²) in [6, 6.07) is 11.3. The number of imidazole rings is 1. The number of benzene rings is 2. The monoisotopic (exact) mass is 527 g/mol. The number of hydrogen-bond acceptors (Lipinski definition) is 6. The molecule has 2 N–H and O–H groups in total. The molecule has 2 aromatic heterocycles. The first kappa shape index (κ1) is 25.7. The Hall–Kier alpha value is -3.99. The molecular weight excluding hydrogens is 502 g/mol. The molecule has 0 saturated carbocycles. The van der Waals surface area contributed by atoms with Crippen molar-refractivity contribution in [1.82, 2.24) is 19.9 Å². The molecule has 5 rings (SSSR count). The van der Waals surface area contributed by atoms with Gasteiger partial charge in [0.2, 0.25) is 5.95 Å². The van der Waals surface area contributed by atoms with E-state index in [0.717, 1.165) is 32.0 Å². The maximum Gasteiger partial charge on any atom is 0.419 e.